The van der Waals surface area contributed by atoms with Gasteiger partial charge in [-0.2, -0.15) is 0 Å². The van der Waals surface area contributed by atoms with E-state index >= 15 is 0 Å². The first kappa shape index (κ1) is 11.7. The van der Waals surface area contributed by atoms with Crippen LogP contribution in [0.1, 0.15) is 19.8 Å². The topological polar surface area (TPSA) is 95.9 Å². The number of carbonyl (C=O) groups excluding carboxylic acids is 2. The van der Waals surface area contributed by atoms with E-state index in [-0.39, 0.29) is 6.61 Å². The predicted molar refractivity (Wildman–Crippen MR) is 55.2 cm³/mol. The predicted octanol–water partition coefficient (Wildman–Crippen LogP) is -0.441. The molecule has 0 unspecified atom stereocenters. The average Bonchev–Trinajstić information content (AvgIpc) is 2.63. The summed E-state index contributed by atoms with van der Waals surface area (Å²) in [6, 6.07) is -2.05. The van der Waals surface area contributed by atoms with Crippen molar-refractivity contribution >= 4 is 18.0 Å². The standard InChI is InChI=1S/C10H14N2O5/c1-2-17-9(14)7-5-3-4-6(8(13)11-7)12(5)10(15)16/h5-7H,2-4H2,1H3,(H,11,13)(H,15,16)/t5-,6+,7-/m0/s1. The molecule has 2 fully saturated rings. The Morgan fingerprint density at radius 2 is 2.24 bits per heavy atom. The molecule has 2 heterocycles. The van der Waals surface area contributed by atoms with E-state index in [0.717, 1.165) is 4.90 Å². The van der Waals surface area contributed by atoms with Gasteiger partial charge in [0.05, 0.1) is 12.6 Å². The molecule has 2 N–H and O–H groups in total. The molecule has 2 saturated heterocycles. The van der Waals surface area contributed by atoms with Gasteiger partial charge in [0.25, 0.3) is 0 Å². The molecule has 2 amide bonds. The first-order valence-electron chi connectivity index (χ1n) is 5.54. The summed E-state index contributed by atoms with van der Waals surface area (Å²) in [6.07, 6.45) is -0.209. The molecule has 0 aliphatic carbocycles. The summed E-state index contributed by atoms with van der Waals surface area (Å²) < 4.78 is 4.84. The molecule has 0 aromatic carbocycles. The Morgan fingerprint density at radius 3 is 2.82 bits per heavy atom. The van der Waals surface area contributed by atoms with Gasteiger partial charge in [-0.15, -0.1) is 0 Å². The highest BCUT2D eigenvalue weighted by Crippen LogP contribution is 2.30. The number of rotatable bonds is 2. The quantitative estimate of drug-likeness (QED) is 0.640. The van der Waals surface area contributed by atoms with Crippen LogP contribution in [0.25, 0.3) is 0 Å². The van der Waals surface area contributed by atoms with Gasteiger partial charge in [-0.1, -0.05) is 0 Å². The van der Waals surface area contributed by atoms with Gasteiger partial charge in [0.15, 0.2) is 0 Å². The summed E-state index contributed by atoms with van der Waals surface area (Å²) in [7, 11) is 0. The van der Waals surface area contributed by atoms with E-state index < -0.39 is 36.1 Å². The van der Waals surface area contributed by atoms with Crippen molar-refractivity contribution in [2.24, 2.45) is 0 Å². The van der Waals surface area contributed by atoms with Crippen LogP contribution < -0.4 is 5.32 Å². The number of carbonyl (C=O) groups is 3. The molecule has 94 valence electrons. The molecule has 2 rings (SSSR count). The molecule has 0 spiro atoms. The van der Waals surface area contributed by atoms with Crippen molar-refractivity contribution in [1.29, 1.82) is 0 Å². The number of esters is 1. The Bertz CT molecular complexity index is 370. The molecule has 3 atom stereocenters. The second-order valence-electron chi connectivity index (χ2n) is 4.09. The lowest BCUT2D eigenvalue weighted by Gasteiger charge is -2.36. The Balaban J connectivity index is 2.22. The van der Waals surface area contributed by atoms with Gasteiger partial charge in [-0.25, -0.2) is 9.59 Å². The number of fused-ring (bicyclic) bond motifs is 2. The smallest absolute Gasteiger partial charge is 0.408 e. The molecule has 7 nitrogen and oxygen atoms in total. The van der Waals surface area contributed by atoms with Crippen LogP contribution in [0.15, 0.2) is 0 Å². The highest BCUT2D eigenvalue weighted by Gasteiger charge is 2.52. The highest BCUT2D eigenvalue weighted by atomic mass is 16.5. The van der Waals surface area contributed by atoms with Gasteiger partial charge < -0.3 is 15.2 Å². The minimum absolute atomic E-state index is 0.203. The van der Waals surface area contributed by atoms with Gasteiger partial charge in [0, 0.05) is 0 Å². The number of hydrogen-bond donors (Lipinski definition) is 2. The van der Waals surface area contributed by atoms with Gasteiger partial charge in [0.1, 0.15) is 12.1 Å². The number of hydrogen-bond acceptors (Lipinski definition) is 4. The largest absolute Gasteiger partial charge is 0.465 e. The van der Waals surface area contributed by atoms with Crippen molar-refractivity contribution in [3.8, 4) is 0 Å². The van der Waals surface area contributed by atoms with Crippen LogP contribution in [0.5, 0.6) is 0 Å². The first-order valence-corrected chi connectivity index (χ1v) is 5.54. The summed E-state index contributed by atoms with van der Waals surface area (Å²) in [5.74, 6) is -0.989. The van der Waals surface area contributed by atoms with Crippen LogP contribution in [-0.4, -0.2) is 52.7 Å². The Labute approximate surface area is 97.7 Å². The van der Waals surface area contributed by atoms with Crippen LogP contribution in [-0.2, 0) is 14.3 Å². The van der Waals surface area contributed by atoms with Crippen LogP contribution in [0, 0.1) is 0 Å². The molecular formula is C10H14N2O5. The van der Waals surface area contributed by atoms with Crippen molar-refractivity contribution in [1.82, 2.24) is 10.2 Å². The summed E-state index contributed by atoms with van der Waals surface area (Å²) in [4.78, 5) is 35.5. The molecule has 0 aromatic rings. The Morgan fingerprint density at radius 1 is 1.53 bits per heavy atom. The fraction of sp³-hybridized carbons (Fsp3) is 0.700. The Hall–Kier alpha value is -1.79. The molecular weight excluding hydrogens is 228 g/mol. The van der Waals surface area contributed by atoms with E-state index in [9.17, 15) is 14.4 Å². The molecule has 2 aliphatic heterocycles. The number of amides is 2. The van der Waals surface area contributed by atoms with Crippen LogP contribution >= 0.6 is 0 Å². The van der Waals surface area contributed by atoms with Crippen molar-refractivity contribution in [2.45, 2.75) is 37.9 Å². The third kappa shape index (κ3) is 1.81. The number of nitrogens with one attached hydrogen (secondary N) is 1. The third-order valence-electron chi connectivity index (χ3n) is 3.18. The van der Waals surface area contributed by atoms with Crippen LogP contribution in [0.2, 0.25) is 0 Å². The maximum Gasteiger partial charge on any atom is 0.408 e. The third-order valence-corrected chi connectivity index (χ3v) is 3.18. The van der Waals surface area contributed by atoms with E-state index in [1.54, 1.807) is 6.92 Å². The van der Waals surface area contributed by atoms with Crippen molar-refractivity contribution in [3.05, 3.63) is 0 Å². The SMILES string of the molecule is CCOC(=O)[C@H]1NC(=O)[C@H]2CC[C@@H]1N2C(=O)O. The molecule has 0 radical (unpaired) electrons. The molecule has 0 aromatic heterocycles. The molecule has 2 bridgehead atoms. The van der Waals surface area contributed by atoms with E-state index in [1.165, 1.54) is 0 Å². The van der Waals surface area contributed by atoms with Crippen LogP contribution in [0.3, 0.4) is 0 Å². The second-order valence-corrected chi connectivity index (χ2v) is 4.09. The Kier molecular flexibility index (Phi) is 2.91. The lowest BCUT2D eigenvalue weighted by Crippen LogP contribution is -2.64. The normalized spacial score (nSPS) is 31.0. The maximum atomic E-state index is 11.7. The number of piperazine rings is 1. The van der Waals surface area contributed by atoms with Crippen LogP contribution in [0.4, 0.5) is 4.79 Å². The number of nitrogens with zero attached hydrogens (tertiary/aromatic N) is 1. The van der Waals surface area contributed by atoms with E-state index in [0.29, 0.717) is 12.8 Å². The van der Waals surface area contributed by atoms with Crippen molar-refractivity contribution < 1.29 is 24.2 Å². The fourth-order valence-corrected chi connectivity index (χ4v) is 2.49. The van der Waals surface area contributed by atoms with Gasteiger partial charge >= 0.3 is 12.1 Å². The maximum absolute atomic E-state index is 11.7. The summed E-state index contributed by atoms with van der Waals surface area (Å²) >= 11 is 0. The van der Waals surface area contributed by atoms with Gasteiger partial charge in [-0.3, -0.25) is 9.69 Å². The van der Waals surface area contributed by atoms with Gasteiger partial charge in [-0.05, 0) is 19.8 Å². The fourth-order valence-electron chi connectivity index (χ4n) is 2.49. The monoisotopic (exact) mass is 242 g/mol. The molecule has 2 aliphatic rings. The summed E-state index contributed by atoms with van der Waals surface area (Å²) in [5, 5.41) is 11.6. The van der Waals surface area contributed by atoms with E-state index in [2.05, 4.69) is 5.32 Å². The van der Waals surface area contributed by atoms with E-state index in [1.807, 2.05) is 0 Å². The lowest BCUT2D eigenvalue weighted by molar-refractivity contribution is -0.151. The highest BCUT2D eigenvalue weighted by molar-refractivity contribution is 5.93. The van der Waals surface area contributed by atoms with Crippen molar-refractivity contribution in [3.63, 3.8) is 0 Å². The minimum Gasteiger partial charge on any atom is -0.465 e. The molecule has 17 heavy (non-hydrogen) atoms. The summed E-state index contributed by atoms with van der Waals surface area (Å²) in [6.45, 7) is 1.86. The molecule has 0 saturated carbocycles. The zero-order valence-corrected chi connectivity index (χ0v) is 9.38. The van der Waals surface area contributed by atoms with E-state index in [4.69, 9.17) is 9.84 Å². The average molecular weight is 242 g/mol. The zero-order valence-electron chi connectivity index (χ0n) is 9.38. The minimum atomic E-state index is -1.17. The lowest BCUT2D eigenvalue weighted by atomic mass is 10.1. The van der Waals surface area contributed by atoms with Crippen molar-refractivity contribution in [2.75, 3.05) is 6.61 Å². The second kappa shape index (κ2) is 4.23. The van der Waals surface area contributed by atoms with Gasteiger partial charge in [0.2, 0.25) is 5.91 Å². The zero-order chi connectivity index (χ0) is 12.6. The number of carboxylic acid groups (broad SMARTS) is 1. The number of ether oxygens (including phenoxy) is 1. The first-order chi connectivity index (χ1) is 8.06. The summed E-state index contributed by atoms with van der Waals surface area (Å²) in [5.41, 5.74) is 0. The molecule has 7 heteroatoms.